The maximum atomic E-state index is 11.2. The molecule has 0 aromatic carbocycles. The van der Waals surface area contributed by atoms with Crippen LogP contribution in [0, 0.1) is 11.3 Å². The van der Waals surface area contributed by atoms with Gasteiger partial charge in [0.25, 0.3) is 0 Å². The van der Waals surface area contributed by atoms with E-state index < -0.39 is 0 Å². The molecule has 0 aromatic heterocycles. The van der Waals surface area contributed by atoms with Crippen molar-refractivity contribution >= 4 is 6.03 Å². The number of rotatable bonds is 2. The molecule has 1 aliphatic rings. The fraction of sp³-hybridized carbons (Fsp3) is 0.923. The second-order valence-corrected chi connectivity index (χ2v) is 6.21. The smallest absolute Gasteiger partial charge is 0.314 e. The zero-order valence-electron chi connectivity index (χ0n) is 11.1. The molecule has 1 saturated carbocycles. The van der Waals surface area contributed by atoms with Crippen molar-refractivity contribution in [2.24, 2.45) is 11.3 Å². The Balaban J connectivity index is 2.26. The van der Waals surface area contributed by atoms with Crippen molar-refractivity contribution in [3.05, 3.63) is 0 Å². The van der Waals surface area contributed by atoms with Crippen LogP contribution < -0.4 is 10.6 Å². The molecule has 3 heteroatoms. The van der Waals surface area contributed by atoms with E-state index in [-0.39, 0.29) is 6.03 Å². The summed E-state index contributed by atoms with van der Waals surface area (Å²) in [5.41, 5.74) is 0.436. The molecule has 3 nitrogen and oxygen atoms in total. The molecule has 0 radical (unpaired) electrons. The number of hydrogen-bond donors (Lipinski definition) is 2. The highest BCUT2D eigenvalue weighted by atomic mass is 16.2. The molecule has 1 aliphatic carbocycles. The molecule has 16 heavy (non-hydrogen) atoms. The maximum Gasteiger partial charge on any atom is 0.314 e. The summed E-state index contributed by atoms with van der Waals surface area (Å²) in [5.74, 6) is 0.850. The Kier molecular flexibility index (Phi) is 4.63. The van der Waals surface area contributed by atoms with Crippen molar-refractivity contribution in [2.75, 3.05) is 7.05 Å². The normalized spacial score (nSPS) is 26.2. The van der Waals surface area contributed by atoms with Crippen LogP contribution in [0.1, 0.15) is 52.9 Å². The Labute approximate surface area is 99.4 Å². The number of hydrogen-bond acceptors (Lipinski definition) is 1. The number of amides is 2. The fourth-order valence-electron chi connectivity index (χ4n) is 2.63. The standard InChI is InChI=1S/C13H26N2O/c1-13(2,3)9-10-5-7-11(8-6-10)15-12(16)14-4/h10-11H,5-9H2,1-4H3,(H2,14,15,16)/t10-,11+. The molecule has 0 unspecified atom stereocenters. The van der Waals surface area contributed by atoms with Crippen LogP contribution >= 0.6 is 0 Å². The second kappa shape index (κ2) is 5.55. The number of carbonyl (C=O) groups is 1. The molecule has 0 atom stereocenters. The number of urea groups is 1. The molecule has 0 aromatic rings. The molecule has 2 N–H and O–H groups in total. The first-order chi connectivity index (χ1) is 7.40. The van der Waals surface area contributed by atoms with Crippen LogP contribution in [-0.2, 0) is 0 Å². The molecule has 0 aliphatic heterocycles. The molecule has 1 rings (SSSR count). The largest absolute Gasteiger partial charge is 0.341 e. The van der Waals surface area contributed by atoms with Crippen LogP contribution in [0.3, 0.4) is 0 Å². The molecule has 1 fully saturated rings. The van der Waals surface area contributed by atoms with Gasteiger partial charge in [0.15, 0.2) is 0 Å². The van der Waals surface area contributed by atoms with Crippen LogP contribution in [0.4, 0.5) is 4.79 Å². The van der Waals surface area contributed by atoms with E-state index in [9.17, 15) is 4.79 Å². The monoisotopic (exact) mass is 226 g/mol. The quantitative estimate of drug-likeness (QED) is 0.747. The van der Waals surface area contributed by atoms with Crippen LogP contribution in [-0.4, -0.2) is 19.1 Å². The van der Waals surface area contributed by atoms with Crippen LogP contribution in [0.2, 0.25) is 0 Å². The Morgan fingerprint density at radius 1 is 1.19 bits per heavy atom. The SMILES string of the molecule is CNC(=O)N[C@H]1CC[C@@H](CC(C)(C)C)CC1. The first-order valence-electron chi connectivity index (χ1n) is 6.39. The van der Waals surface area contributed by atoms with Gasteiger partial charge in [-0.2, -0.15) is 0 Å². The first kappa shape index (κ1) is 13.3. The highest BCUT2D eigenvalue weighted by Gasteiger charge is 2.25. The summed E-state index contributed by atoms with van der Waals surface area (Å²) in [6, 6.07) is 0.343. The van der Waals surface area contributed by atoms with Crippen molar-refractivity contribution in [2.45, 2.75) is 58.9 Å². The van der Waals surface area contributed by atoms with Crippen molar-refractivity contribution in [3.8, 4) is 0 Å². The Morgan fingerprint density at radius 3 is 2.19 bits per heavy atom. The van der Waals surface area contributed by atoms with Crippen LogP contribution in [0.15, 0.2) is 0 Å². The van der Waals surface area contributed by atoms with E-state index in [2.05, 4.69) is 31.4 Å². The number of nitrogens with one attached hydrogen (secondary N) is 2. The lowest BCUT2D eigenvalue weighted by atomic mass is 9.76. The van der Waals surface area contributed by atoms with Gasteiger partial charge >= 0.3 is 6.03 Å². The molecule has 0 bridgehead atoms. The Bertz CT molecular complexity index is 225. The topological polar surface area (TPSA) is 41.1 Å². The zero-order valence-corrected chi connectivity index (χ0v) is 11.1. The summed E-state index contributed by atoms with van der Waals surface area (Å²) in [5, 5.41) is 5.61. The van der Waals surface area contributed by atoms with Gasteiger partial charge in [-0.25, -0.2) is 4.79 Å². The molecule has 0 spiro atoms. The summed E-state index contributed by atoms with van der Waals surface area (Å²) < 4.78 is 0. The molecule has 94 valence electrons. The summed E-state index contributed by atoms with van der Waals surface area (Å²) in [4.78, 5) is 11.2. The number of carbonyl (C=O) groups excluding carboxylic acids is 1. The van der Waals surface area contributed by atoms with Crippen molar-refractivity contribution in [1.82, 2.24) is 10.6 Å². The highest BCUT2D eigenvalue weighted by Crippen LogP contribution is 2.34. The summed E-state index contributed by atoms with van der Waals surface area (Å²) in [6.07, 6.45) is 6.08. The lowest BCUT2D eigenvalue weighted by Crippen LogP contribution is -2.42. The van der Waals surface area contributed by atoms with Crippen molar-refractivity contribution in [1.29, 1.82) is 0 Å². The third kappa shape index (κ3) is 4.86. The minimum atomic E-state index is -0.0423. The van der Waals surface area contributed by atoms with Gasteiger partial charge in [0.05, 0.1) is 0 Å². The summed E-state index contributed by atoms with van der Waals surface area (Å²) >= 11 is 0. The zero-order chi connectivity index (χ0) is 12.2. The fourth-order valence-corrected chi connectivity index (χ4v) is 2.63. The summed E-state index contributed by atoms with van der Waals surface area (Å²) in [6.45, 7) is 6.92. The third-order valence-electron chi connectivity index (χ3n) is 3.31. The molecule has 0 heterocycles. The average molecular weight is 226 g/mol. The van der Waals surface area contributed by atoms with Gasteiger partial charge in [-0.3, -0.25) is 0 Å². The average Bonchev–Trinajstić information content (AvgIpc) is 2.18. The maximum absolute atomic E-state index is 11.2. The van der Waals surface area contributed by atoms with Crippen molar-refractivity contribution < 1.29 is 4.79 Å². The second-order valence-electron chi connectivity index (χ2n) is 6.21. The Hall–Kier alpha value is -0.730. The van der Waals surface area contributed by atoms with Gasteiger partial charge in [0.2, 0.25) is 0 Å². The van der Waals surface area contributed by atoms with Gasteiger partial charge in [-0.1, -0.05) is 20.8 Å². The van der Waals surface area contributed by atoms with Crippen LogP contribution in [0.25, 0.3) is 0 Å². The molecule has 0 saturated heterocycles. The van der Waals surface area contributed by atoms with Gasteiger partial charge in [-0.15, -0.1) is 0 Å². The lowest BCUT2D eigenvalue weighted by Gasteiger charge is -2.32. The lowest BCUT2D eigenvalue weighted by molar-refractivity contribution is 0.206. The van der Waals surface area contributed by atoms with Gasteiger partial charge in [0, 0.05) is 13.1 Å². The predicted octanol–water partition coefficient (Wildman–Crippen LogP) is 2.91. The van der Waals surface area contributed by atoms with Crippen molar-refractivity contribution in [3.63, 3.8) is 0 Å². The molecule has 2 amide bonds. The summed E-state index contributed by atoms with van der Waals surface area (Å²) in [7, 11) is 1.67. The highest BCUT2D eigenvalue weighted by molar-refractivity contribution is 5.73. The van der Waals surface area contributed by atoms with E-state index in [1.54, 1.807) is 7.05 Å². The van der Waals surface area contributed by atoms with E-state index in [1.807, 2.05) is 0 Å². The van der Waals surface area contributed by atoms with Gasteiger partial charge < -0.3 is 10.6 Å². The van der Waals surface area contributed by atoms with E-state index in [4.69, 9.17) is 0 Å². The first-order valence-corrected chi connectivity index (χ1v) is 6.39. The minimum absolute atomic E-state index is 0.0423. The van der Waals surface area contributed by atoms with Gasteiger partial charge in [0.1, 0.15) is 0 Å². The third-order valence-corrected chi connectivity index (χ3v) is 3.31. The van der Waals surface area contributed by atoms with E-state index in [1.165, 1.54) is 19.3 Å². The molecular formula is C13H26N2O. The van der Waals surface area contributed by atoms with Gasteiger partial charge in [-0.05, 0) is 43.4 Å². The van der Waals surface area contributed by atoms with E-state index in [0.29, 0.717) is 11.5 Å². The minimum Gasteiger partial charge on any atom is -0.341 e. The predicted molar refractivity (Wildman–Crippen MR) is 67.4 cm³/mol. The molecular weight excluding hydrogens is 200 g/mol. The van der Waals surface area contributed by atoms with E-state index >= 15 is 0 Å². The van der Waals surface area contributed by atoms with Crippen LogP contribution in [0.5, 0.6) is 0 Å². The Morgan fingerprint density at radius 2 is 1.75 bits per heavy atom. The van der Waals surface area contributed by atoms with E-state index in [0.717, 1.165) is 18.8 Å².